The molecule has 0 bridgehead atoms. The van der Waals surface area contributed by atoms with Gasteiger partial charge in [0.05, 0.1) is 6.10 Å². The van der Waals surface area contributed by atoms with E-state index in [1.165, 1.54) is 25.3 Å². The molecule has 0 aliphatic carbocycles. The van der Waals surface area contributed by atoms with Gasteiger partial charge in [0.1, 0.15) is 0 Å². The highest BCUT2D eigenvalue weighted by Gasteiger charge is 2.01. The van der Waals surface area contributed by atoms with E-state index in [-0.39, 0.29) is 12.2 Å². The molecule has 134 valence electrons. The summed E-state index contributed by atoms with van der Waals surface area (Å²) in [6, 6.07) is 0. The van der Waals surface area contributed by atoms with Crippen LogP contribution in [0.2, 0.25) is 0 Å². The normalized spacial score (nSPS) is 13.6. The predicted molar refractivity (Wildman–Crippen MR) is 97.8 cm³/mol. The molecule has 0 aromatic carbocycles. The van der Waals surface area contributed by atoms with Crippen molar-refractivity contribution in [3.63, 3.8) is 0 Å². The minimum Gasteiger partial charge on any atom is -0.481 e. The van der Waals surface area contributed by atoms with Crippen molar-refractivity contribution in [1.82, 2.24) is 0 Å². The zero-order valence-corrected chi connectivity index (χ0v) is 14.6. The molecule has 0 aliphatic heterocycles. The molecule has 0 unspecified atom stereocenters. The fourth-order valence-corrected chi connectivity index (χ4v) is 1.94. The molecule has 24 heavy (non-hydrogen) atoms. The highest BCUT2D eigenvalue weighted by atomic mass is 16.4. The number of ketones is 1. The van der Waals surface area contributed by atoms with Gasteiger partial charge in [0, 0.05) is 12.8 Å². The Hall–Kier alpha value is -1.94. The summed E-state index contributed by atoms with van der Waals surface area (Å²) >= 11 is 0. The lowest BCUT2D eigenvalue weighted by Gasteiger charge is -2.02. The molecule has 0 saturated carbocycles. The van der Waals surface area contributed by atoms with Crippen LogP contribution in [-0.4, -0.2) is 28.1 Å². The Morgan fingerprint density at radius 3 is 2.46 bits per heavy atom. The van der Waals surface area contributed by atoms with Crippen LogP contribution in [0.4, 0.5) is 0 Å². The van der Waals surface area contributed by atoms with Gasteiger partial charge in [0.15, 0.2) is 5.78 Å². The number of carbonyl (C=O) groups excluding carboxylic acids is 1. The third-order valence-corrected chi connectivity index (χ3v) is 3.30. The maximum Gasteiger partial charge on any atom is 0.303 e. The molecule has 0 saturated heterocycles. The summed E-state index contributed by atoms with van der Waals surface area (Å²) in [5, 5.41) is 18.1. The number of aliphatic carboxylic acids is 1. The van der Waals surface area contributed by atoms with Crippen LogP contribution in [-0.2, 0) is 9.59 Å². The molecule has 0 radical (unpaired) electrons. The number of rotatable bonds is 14. The molecule has 0 heterocycles. The van der Waals surface area contributed by atoms with E-state index in [1.807, 2.05) is 6.08 Å². The van der Waals surface area contributed by atoms with Crippen molar-refractivity contribution in [1.29, 1.82) is 0 Å². The van der Waals surface area contributed by atoms with Crippen molar-refractivity contribution in [2.24, 2.45) is 0 Å². The smallest absolute Gasteiger partial charge is 0.303 e. The number of carboxylic acids is 1. The number of aliphatic hydroxyl groups is 1. The highest BCUT2D eigenvalue weighted by molar-refractivity contribution is 5.90. The van der Waals surface area contributed by atoms with Gasteiger partial charge in [-0.2, -0.15) is 0 Å². The molecule has 0 aromatic heterocycles. The molecular weight excluding hydrogens is 304 g/mol. The van der Waals surface area contributed by atoms with Gasteiger partial charge in [-0.15, -0.1) is 0 Å². The Morgan fingerprint density at radius 1 is 1.00 bits per heavy atom. The number of carboxylic acid groups (broad SMARTS) is 1. The predicted octanol–water partition coefficient (Wildman–Crippen LogP) is 4.37. The van der Waals surface area contributed by atoms with Gasteiger partial charge < -0.3 is 10.2 Å². The van der Waals surface area contributed by atoms with E-state index < -0.39 is 12.1 Å². The largest absolute Gasteiger partial charge is 0.481 e. The minimum absolute atomic E-state index is 0.0593. The fourth-order valence-electron chi connectivity index (χ4n) is 1.94. The zero-order chi connectivity index (χ0) is 18.0. The number of hydrogen-bond donors (Lipinski definition) is 2. The van der Waals surface area contributed by atoms with Crippen molar-refractivity contribution in [2.75, 3.05) is 0 Å². The first kappa shape index (κ1) is 22.1. The fraction of sp³-hybridized carbons (Fsp3) is 0.500. The molecule has 1 atom stereocenters. The summed E-state index contributed by atoms with van der Waals surface area (Å²) in [6.45, 7) is 2.17. The molecule has 0 fully saturated rings. The molecule has 0 amide bonds. The first-order valence-corrected chi connectivity index (χ1v) is 8.65. The summed E-state index contributed by atoms with van der Waals surface area (Å²) < 4.78 is 0. The number of aliphatic hydroxyl groups excluding tert-OH is 1. The van der Waals surface area contributed by atoms with Crippen LogP contribution >= 0.6 is 0 Å². The Labute approximate surface area is 145 Å². The second kappa shape index (κ2) is 15.9. The van der Waals surface area contributed by atoms with Crippen LogP contribution in [0.5, 0.6) is 0 Å². The summed E-state index contributed by atoms with van der Waals surface area (Å²) in [7, 11) is 0. The van der Waals surface area contributed by atoms with Crippen LogP contribution < -0.4 is 0 Å². The molecule has 0 spiro atoms. The summed E-state index contributed by atoms with van der Waals surface area (Å²) in [6.07, 6.45) is 19.3. The molecule has 4 heteroatoms. The minimum atomic E-state index is -0.850. The average Bonchev–Trinajstić information content (AvgIpc) is 2.53. The SMILES string of the molecule is CCCCC/C=C\CC(=O)/C=C/C=C\C=C\[C@@H](O)CCCC(=O)O. The van der Waals surface area contributed by atoms with Crippen LogP contribution in [0.15, 0.2) is 48.6 Å². The molecule has 0 aromatic rings. The molecule has 0 rings (SSSR count). The molecule has 4 nitrogen and oxygen atoms in total. The van der Waals surface area contributed by atoms with Crippen molar-refractivity contribution in [3.05, 3.63) is 48.6 Å². The van der Waals surface area contributed by atoms with Crippen molar-refractivity contribution < 1.29 is 19.8 Å². The van der Waals surface area contributed by atoms with E-state index in [9.17, 15) is 14.7 Å². The van der Waals surface area contributed by atoms with Gasteiger partial charge in [-0.25, -0.2) is 0 Å². The number of hydrogen-bond acceptors (Lipinski definition) is 3. The van der Waals surface area contributed by atoms with Gasteiger partial charge in [0.2, 0.25) is 0 Å². The summed E-state index contributed by atoms with van der Waals surface area (Å²) in [5.74, 6) is -0.791. The number of carbonyl (C=O) groups is 2. The van der Waals surface area contributed by atoms with Gasteiger partial charge in [-0.1, -0.05) is 62.3 Å². The second-order valence-corrected chi connectivity index (χ2v) is 5.62. The van der Waals surface area contributed by atoms with Crippen molar-refractivity contribution in [2.45, 2.75) is 64.4 Å². The first-order valence-electron chi connectivity index (χ1n) is 8.65. The van der Waals surface area contributed by atoms with E-state index in [0.29, 0.717) is 19.3 Å². The van der Waals surface area contributed by atoms with E-state index in [4.69, 9.17) is 5.11 Å². The average molecular weight is 334 g/mol. The topological polar surface area (TPSA) is 74.6 Å². The zero-order valence-electron chi connectivity index (χ0n) is 14.6. The number of allylic oxidation sites excluding steroid dienone is 7. The van der Waals surface area contributed by atoms with Crippen molar-refractivity contribution in [3.8, 4) is 0 Å². The maximum absolute atomic E-state index is 11.6. The quantitative estimate of drug-likeness (QED) is 0.214. The van der Waals surface area contributed by atoms with Crippen LogP contribution in [0.3, 0.4) is 0 Å². The van der Waals surface area contributed by atoms with Gasteiger partial charge >= 0.3 is 5.97 Å². The lowest BCUT2D eigenvalue weighted by molar-refractivity contribution is -0.137. The summed E-state index contributed by atoms with van der Waals surface area (Å²) in [4.78, 5) is 21.9. The summed E-state index contributed by atoms with van der Waals surface area (Å²) in [5.41, 5.74) is 0. The van der Waals surface area contributed by atoms with Gasteiger partial charge in [-0.05, 0) is 31.8 Å². The Kier molecular flexibility index (Phi) is 14.6. The van der Waals surface area contributed by atoms with Crippen LogP contribution in [0, 0.1) is 0 Å². The van der Waals surface area contributed by atoms with Crippen molar-refractivity contribution >= 4 is 11.8 Å². The first-order chi connectivity index (χ1) is 11.6. The van der Waals surface area contributed by atoms with E-state index in [1.54, 1.807) is 30.4 Å². The lowest BCUT2D eigenvalue weighted by atomic mass is 10.1. The standard InChI is InChI=1S/C20H30O4/c1-2-3-4-5-6-9-13-18(21)14-10-7-8-11-15-19(22)16-12-17-20(23)24/h6-11,14-15,19,22H,2-5,12-13,16-17H2,1H3,(H,23,24)/b8-7-,9-6-,14-10+,15-11+/t19-/m1/s1. The molecular formula is C20H30O4. The van der Waals surface area contributed by atoms with E-state index in [2.05, 4.69) is 13.0 Å². The molecule has 2 N–H and O–H groups in total. The van der Waals surface area contributed by atoms with Gasteiger partial charge in [0.25, 0.3) is 0 Å². The monoisotopic (exact) mass is 334 g/mol. The van der Waals surface area contributed by atoms with Gasteiger partial charge in [-0.3, -0.25) is 9.59 Å². The lowest BCUT2D eigenvalue weighted by Crippen LogP contribution is -2.03. The van der Waals surface area contributed by atoms with Crippen LogP contribution in [0.25, 0.3) is 0 Å². The third kappa shape index (κ3) is 16.4. The van der Waals surface area contributed by atoms with Crippen LogP contribution in [0.1, 0.15) is 58.3 Å². The molecule has 0 aliphatic rings. The second-order valence-electron chi connectivity index (χ2n) is 5.62. The van der Waals surface area contributed by atoms with E-state index in [0.717, 1.165) is 6.42 Å². The number of unbranched alkanes of at least 4 members (excludes halogenated alkanes) is 3. The highest BCUT2D eigenvalue weighted by Crippen LogP contribution is 2.02. The van der Waals surface area contributed by atoms with E-state index >= 15 is 0 Å². The third-order valence-electron chi connectivity index (χ3n) is 3.30. The Morgan fingerprint density at radius 2 is 1.75 bits per heavy atom. The Bertz CT molecular complexity index is 458. The Balaban J connectivity index is 3.83. The maximum atomic E-state index is 11.6.